The first kappa shape index (κ1) is 13.2. The molecule has 1 heterocycles. The summed E-state index contributed by atoms with van der Waals surface area (Å²) in [5.41, 5.74) is 0. The van der Waals surface area contributed by atoms with Crippen LogP contribution in [0.3, 0.4) is 0 Å². The van der Waals surface area contributed by atoms with Crippen LogP contribution in [0.1, 0.15) is 12.8 Å². The Kier molecular flexibility index (Phi) is 3.74. The fourth-order valence-corrected chi connectivity index (χ4v) is 2.32. The lowest BCUT2D eigenvalue weighted by Gasteiger charge is -2.08. The van der Waals surface area contributed by atoms with Crippen molar-refractivity contribution in [1.29, 1.82) is 0 Å². The molecule has 0 aliphatic heterocycles. The number of anilines is 1. The molecule has 1 aromatic carbocycles. The molecule has 2 aromatic rings. The molecule has 0 saturated heterocycles. The third-order valence-corrected chi connectivity index (χ3v) is 3.70. The Bertz CT molecular complexity index is 640. The highest BCUT2D eigenvalue weighted by Gasteiger charge is 2.21. The molecule has 104 valence electrons. The highest BCUT2D eigenvalue weighted by molar-refractivity contribution is 6.34. The Morgan fingerprint density at radius 1 is 1.35 bits per heavy atom. The highest BCUT2D eigenvalue weighted by Crippen LogP contribution is 2.27. The first-order valence-electron chi connectivity index (χ1n) is 6.78. The third kappa shape index (κ3) is 3.20. The van der Waals surface area contributed by atoms with Gasteiger partial charge in [0.2, 0.25) is 5.91 Å². The Morgan fingerprint density at radius 3 is 2.95 bits per heavy atom. The number of benzene rings is 1. The maximum Gasteiger partial charge on any atom is 0.239 e. The molecule has 1 amide bonds. The number of hydrogen-bond donors (Lipinski definition) is 2. The Hall–Kier alpha value is -1.81. The monoisotopic (exact) mass is 289 g/mol. The maximum atomic E-state index is 11.7. The van der Waals surface area contributed by atoms with E-state index in [9.17, 15) is 4.79 Å². The molecule has 0 atom stereocenters. The predicted octanol–water partition coefficient (Wildman–Crippen LogP) is 2.83. The Labute approximate surface area is 122 Å². The van der Waals surface area contributed by atoms with Crippen LogP contribution in [-0.2, 0) is 4.79 Å². The van der Waals surface area contributed by atoms with Crippen LogP contribution in [0.15, 0.2) is 30.3 Å². The van der Waals surface area contributed by atoms with Gasteiger partial charge in [-0.1, -0.05) is 35.9 Å². The summed E-state index contributed by atoms with van der Waals surface area (Å²) < 4.78 is 0. The number of carbonyl (C=O) groups is 1. The van der Waals surface area contributed by atoms with E-state index < -0.39 is 0 Å². The second-order valence-corrected chi connectivity index (χ2v) is 5.48. The van der Waals surface area contributed by atoms with E-state index in [4.69, 9.17) is 11.6 Å². The number of pyridine rings is 1. The molecule has 1 aromatic heterocycles. The largest absolute Gasteiger partial charge is 0.361 e. The number of carbonyl (C=O) groups excluding carboxylic acids is 1. The van der Waals surface area contributed by atoms with Crippen LogP contribution in [0.5, 0.6) is 0 Å². The van der Waals surface area contributed by atoms with Crippen LogP contribution in [0.25, 0.3) is 10.8 Å². The molecule has 0 spiro atoms. The molecule has 1 fully saturated rings. The third-order valence-electron chi connectivity index (χ3n) is 3.41. The lowest BCUT2D eigenvalue weighted by molar-refractivity contribution is -0.119. The van der Waals surface area contributed by atoms with Gasteiger partial charge in [0.25, 0.3) is 0 Å². The van der Waals surface area contributed by atoms with E-state index in [1.54, 1.807) is 0 Å². The molecule has 3 rings (SSSR count). The number of nitrogens with zero attached hydrogens (tertiary/aromatic N) is 1. The summed E-state index contributed by atoms with van der Waals surface area (Å²) in [6, 6.07) is 9.67. The Balaban J connectivity index is 1.63. The lowest BCUT2D eigenvalue weighted by Crippen LogP contribution is -2.31. The van der Waals surface area contributed by atoms with Crippen LogP contribution in [0.2, 0.25) is 5.15 Å². The number of amides is 1. The van der Waals surface area contributed by atoms with Crippen LogP contribution in [0.4, 0.5) is 5.82 Å². The summed E-state index contributed by atoms with van der Waals surface area (Å²) in [5, 5.41) is 8.29. The van der Waals surface area contributed by atoms with Gasteiger partial charge in [0.1, 0.15) is 11.0 Å². The molecule has 2 N–H and O–H groups in total. The SMILES string of the molecule is O=C(CNc1cc2ccccc2c(Cl)n1)NCC1CC1. The van der Waals surface area contributed by atoms with Gasteiger partial charge < -0.3 is 10.6 Å². The quantitative estimate of drug-likeness (QED) is 0.832. The van der Waals surface area contributed by atoms with Crippen molar-refractivity contribution >= 4 is 34.1 Å². The van der Waals surface area contributed by atoms with E-state index in [1.807, 2.05) is 30.3 Å². The first-order valence-corrected chi connectivity index (χ1v) is 7.16. The van der Waals surface area contributed by atoms with Crippen molar-refractivity contribution in [2.75, 3.05) is 18.4 Å². The van der Waals surface area contributed by atoms with E-state index in [-0.39, 0.29) is 12.5 Å². The van der Waals surface area contributed by atoms with Crippen LogP contribution < -0.4 is 10.6 Å². The average Bonchev–Trinajstić information content (AvgIpc) is 3.27. The molecule has 4 nitrogen and oxygen atoms in total. The van der Waals surface area contributed by atoms with Crippen molar-refractivity contribution in [1.82, 2.24) is 10.3 Å². The molecule has 5 heteroatoms. The molecule has 1 aliphatic rings. The van der Waals surface area contributed by atoms with E-state index in [1.165, 1.54) is 12.8 Å². The minimum atomic E-state index is -0.0111. The average molecular weight is 290 g/mol. The lowest BCUT2D eigenvalue weighted by atomic mass is 10.2. The zero-order chi connectivity index (χ0) is 13.9. The number of halogens is 1. The van der Waals surface area contributed by atoms with Crippen molar-refractivity contribution in [2.24, 2.45) is 5.92 Å². The minimum absolute atomic E-state index is 0.0111. The van der Waals surface area contributed by atoms with Crippen molar-refractivity contribution in [3.05, 3.63) is 35.5 Å². The highest BCUT2D eigenvalue weighted by atomic mass is 35.5. The van der Waals surface area contributed by atoms with Gasteiger partial charge in [0.05, 0.1) is 6.54 Å². The van der Waals surface area contributed by atoms with Crippen molar-refractivity contribution in [2.45, 2.75) is 12.8 Å². The van der Waals surface area contributed by atoms with Gasteiger partial charge >= 0.3 is 0 Å². The van der Waals surface area contributed by atoms with Gasteiger partial charge in [-0.05, 0) is 30.2 Å². The summed E-state index contributed by atoms with van der Waals surface area (Å²) in [4.78, 5) is 15.9. The fourth-order valence-electron chi connectivity index (χ4n) is 2.06. The molecule has 0 radical (unpaired) electrons. The minimum Gasteiger partial charge on any atom is -0.361 e. The van der Waals surface area contributed by atoms with Crippen molar-refractivity contribution in [3.63, 3.8) is 0 Å². The molecule has 1 saturated carbocycles. The second-order valence-electron chi connectivity index (χ2n) is 5.12. The van der Waals surface area contributed by atoms with Gasteiger partial charge in [-0.15, -0.1) is 0 Å². The topological polar surface area (TPSA) is 54.0 Å². The maximum absolute atomic E-state index is 11.7. The second kappa shape index (κ2) is 5.67. The summed E-state index contributed by atoms with van der Waals surface area (Å²) >= 11 is 6.14. The summed E-state index contributed by atoms with van der Waals surface area (Å²) in [7, 11) is 0. The molecule has 20 heavy (non-hydrogen) atoms. The fraction of sp³-hybridized carbons (Fsp3) is 0.333. The summed E-state index contributed by atoms with van der Waals surface area (Å²) in [6.07, 6.45) is 2.46. The van der Waals surface area contributed by atoms with Crippen LogP contribution in [0, 0.1) is 5.92 Å². The zero-order valence-corrected chi connectivity index (χ0v) is 11.8. The van der Waals surface area contributed by atoms with Gasteiger partial charge in [-0.3, -0.25) is 4.79 Å². The van der Waals surface area contributed by atoms with Gasteiger partial charge in [0, 0.05) is 11.9 Å². The van der Waals surface area contributed by atoms with E-state index in [2.05, 4.69) is 15.6 Å². The number of hydrogen-bond acceptors (Lipinski definition) is 3. The van der Waals surface area contributed by atoms with E-state index >= 15 is 0 Å². The van der Waals surface area contributed by atoms with Gasteiger partial charge in [-0.2, -0.15) is 0 Å². The van der Waals surface area contributed by atoms with Crippen molar-refractivity contribution in [3.8, 4) is 0 Å². The predicted molar refractivity (Wildman–Crippen MR) is 81.0 cm³/mol. The van der Waals surface area contributed by atoms with Crippen molar-refractivity contribution < 1.29 is 4.79 Å². The molecular formula is C15H16ClN3O. The Morgan fingerprint density at radius 2 is 2.15 bits per heavy atom. The van der Waals surface area contributed by atoms with E-state index in [0.717, 1.165) is 17.3 Å². The first-order chi connectivity index (χ1) is 9.72. The molecular weight excluding hydrogens is 274 g/mol. The molecule has 0 unspecified atom stereocenters. The number of nitrogens with one attached hydrogen (secondary N) is 2. The molecule has 1 aliphatic carbocycles. The van der Waals surface area contributed by atoms with Gasteiger partial charge in [0.15, 0.2) is 0 Å². The standard InChI is InChI=1S/C15H16ClN3O/c16-15-12-4-2-1-3-11(12)7-13(19-15)17-9-14(20)18-8-10-5-6-10/h1-4,7,10H,5-6,8-9H2,(H,17,19)(H,18,20). The number of fused-ring (bicyclic) bond motifs is 1. The number of rotatable bonds is 5. The van der Waals surface area contributed by atoms with E-state index in [0.29, 0.717) is 16.9 Å². The van der Waals surface area contributed by atoms with Gasteiger partial charge in [-0.25, -0.2) is 4.98 Å². The normalized spacial score (nSPS) is 14.2. The molecule has 0 bridgehead atoms. The summed E-state index contributed by atoms with van der Waals surface area (Å²) in [5.74, 6) is 1.30. The smallest absolute Gasteiger partial charge is 0.239 e. The van der Waals surface area contributed by atoms with Crippen LogP contribution in [-0.4, -0.2) is 24.0 Å². The summed E-state index contributed by atoms with van der Waals surface area (Å²) in [6.45, 7) is 1.00. The number of aromatic nitrogens is 1. The zero-order valence-electron chi connectivity index (χ0n) is 11.0. The van der Waals surface area contributed by atoms with Crippen LogP contribution >= 0.6 is 11.6 Å².